The molecule has 132 valence electrons. The fourth-order valence-electron chi connectivity index (χ4n) is 2.94. The van der Waals surface area contributed by atoms with E-state index in [1.54, 1.807) is 7.11 Å². The largest absolute Gasteiger partial charge is 0.497 e. The lowest BCUT2D eigenvalue weighted by Crippen LogP contribution is -2.52. The number of ether oxygens (including phenoxy) is 1. The van der Waals surface area contributed by atoms with Crippen molar-refractivity contribution in [3.8, 4) is 5.75 Å². The van der Waals surface area contributed by atoms with Gasteiger partial charge in [-0.25, -0.2) is 0 Å². The molecule has 1 atom stereocenters. The maximum atomic E-state index is 13.0. The summed E-state index contributed by atoms with van der Waals surface area (Å²) >= 11 is 0. The van der Waals surface area contributed by atoms with E-state index in [2.05, 4.69) is 17.2 Å². The van der Waals surface area contributed by atoms with Crippen LogP contribution in [0.4, 0.5) is 0 Å². The van der Waals surface area contributed by atoms with Crippen molar-refractivity contribution < 1.29 is 9.53 Å². The minimum atomic E-state index is 0. The first-order valence-electron chi connectivity index (χ1n) is 7.57. The predicted molar refractivity (Wildman–Crippen MR) is 101 cm³/mol. The Morgan fingerprint density at radius 3 is 2.75 bits per heavy atom. The smallest absolute Gasteiger partial charge is 0.254 e. The Labute approximate surface area is 154 Å². The van der Waals surface area contributed by atoms with Gasteiger partial charge >= 0.3 is 0 Å². The van der Waals surface area contributed by atoms with Crippen LogP contribution < -0.4 is 10.1 Å². The highest BCUT2D eigenvalue weighted by Gasteiger charge is 2.25. The van der Waals surface area contributed by atoms with Gasteiger partial charge in [0.1, 0.15) is 5.75 Å². The normalized spacial score (nSPS) is 17.0. The van der Waals surface area contributed by atoms with Crippen molar-refractivity contribution in [3.05, 3.63) is 35.5 Å². The number of nitrogens with zero attached hydrogens (tertiary/aromatic N) is 2. The highest BCUT2D eigenvalue weighted by Crippen LogP contribution is 2.25. The molecule has 1 N–H and O–H groups in total. The standard InChI is InChI=1S/C17H21N3O2.2ClH/c1-11-8-15(17(21)20-7-6-18-10-12(20)2)14-9-13(22-3)4-5-16(14)19-11;;/h4-5,8-9,12,18H,6-7,10H2,1-3H3;2*1H/t12-;;/m1../s1. The fraction of sp³-hybridized carbons (Fsp3) is 0.412. The van der Waals surface area contributed by atoms with E-state index in [0.717, 1.165) is 42.0 Å². The van der Waals surface area contributed by atoms with Crippen LogP contribution in [0, 0.1) is 6.92 Å². The molecule has 24 heavy (non-hydrogen) atoms. The van der Waals surface area contributed by atoms with Gasteiger partial charge in [0.05, 0.1) is 18.2 Å². The number of carbonyl (C=O) groups excluding carboxylic acids is 1. The van der Waals surface area contributed by atoms with Crippen molar-refractivity contribution in [2.45, 2.75) is 19.9 Å². The van der Waals surface area contributed by atoms with E-state index in [9.17, 15) is 4.79 Å². The van der Waals surface area contributed by atoms with Gasteiger partial charge in [-0.2, -0.15) is 0 Å². The van der Waals surface area contributed by atoms with E-state index in [0.29, 0.717) is 5.56 Å². The summed E-state index contributed by atoms with van der Waals surface area (Å²) in [6.07, 6.45) is 0. The molecule has 0 bridgehead atoms. The molecule has 3 rings (SSSR count). The van der Waals surface area contributed by atoms with Gasteiger partial charge in [0, 0.05) is 36.8 Å². The van der Waals surface area contributed by atoms with Gasteiger partial charge in [-0.1, -0.05) is 0 Å². The molecule has 7 heteroatoms. The van der Waals surface area contributed by atoms with Gasteiger partial charge in [0.25, 0.3) is 5.91 Å². The molecule has 1 aliphatic rings. The molecule has 0 unspecified atom stereocenters. The molecule has 1 aromatic heterocycles. The number of aryl methyl sites for hydroxylation is 1. The topological polar surface area (TPSA) is 54.5 Å². The minimum Gasteiger partial charge on any atom is -0.497 e. The first-order chi connectivity index (χ1) is 10.6. The van der Waals surface area contributed by atoms with Gasteiger partial charge in [-0.3, -0.25) is 9.78 Å². The number of methoxy groups -OCH3 is 1. The summed E-state index contributed by atoms with van der Waals surface area (Å²) in [7, 11) is 1.63. The van der Waals surface area contributed by atoms with Crippen molar-refractivity contribution in [3.63, 3.8) is 0 Å². The molecule has 1 saturated heterocycles. The molecule has 5 nitrogen and oxygen atoms in total. The van der Waals surface area contributed by atoms with Gasteiger partial charge in [0.15, 0.2) is 0 Å². The van der Waals surface area contributed by atoms with E-state index in [1.807, 2.05) is 36.1 Å². The molecular formula is C17H23Cl2N3O2. The van der Waals surface area contributed by atoms with Crippen molar-refractivity contribution in [2.24, 2.45) is 0 Å². The van der Waals surface area contributed by atoms with E-state index in [1.165, 1.54) is 0 Å². The predicted octanol–water partition coefficient (Wildman–Crippen LogP) is 2.83. The number of rotatable bonds is 2. The average Bonchev–Trinajstić information content (AvgIpc) is 2.53. The third-order valence-corrected chi connectivity index (χ3v) is 4.14. The summed E-state index contributed by atoms with van der Waals surface area (Å²) in [6.45, 7) is 6.38. The van der Waals surface area contributed by atoms with E-state index >= 15 is 0 Å². The monoisotopic (exact) mass is 371 g/mol. The second-order valence-corrected chi connectivity index (χ2v) is 5.75. The number of hydrogen-bond acceptors (Lipinski definition) is 4. The summed E-state index contributed by atoms with van der Waals surface area (Å²) < 4.78 is 5.29. The Morgan fingerprint density at radius 1 is 1.33 bits per heavy atom. The van der Waals surface area contributed by atoms with Gasteiger partial charge in [-0.15, -0.1) is 24.8 Å². The number of amides is 1. The van der Waals surface area contributed by atoms with Gasteiger partial charge in [-0.05, 0) is 38.1 Å². The van der Waals surface area contributed by atoms with Crippen LogP contribution in [0.5, 0.6) is 5.75 Å². The molecule has 0 radical (unpaired) electrons. The minimum absolute atomic E-state index is 0. The van der Waals surface area contributed by atoms with Crippen LogP contribution in [0.15, 0.2) is 24.3 Å². The SMILES string of the molecule is COc1ccc2nc(C)cc(C(=O)N3CCNC[C@H]3C)c2c1.Cl.Cl. The average molecular weight is 372 g/mol. The van der Waals surface area contributed by atoms with Crippen molar-refractivity contribution in [1.82, 2.24) is 15.2 Å². The molecule has 1 amide bonds. The van der Waals surface area contributed by atoms with Crippen LogP contribution >= 0.6 is 24.8 Å². The molecule has 1 aromatic carbocycles. The van der Waals surface area contributed by atoms with Crippen molar-refractivity contribution >= 4 is 41.6 Å². The lowest BCUT2D eigenvalue weighted by molar-refractivity contribution is 0.0657. The van der Waals surface area contributed by atoms with Crippen LogP contribution in [0.1, 0.15) is 23.0 Å². The number of nitrogens with one attached hydrogen (secondary N) is 1. The second-order valence-electron chi connectivity index (χ2n) is 5.75. The first-order valence-corrected chi connectivity index (χ1v) is 7.57. The van der Waals surface area contributed by atoms with E-state index in [-0.39, 0.29) is 36.8 Å². The number of fused-ring (bicyclic) bond motifs is 1. The van der Waals surface area contributed by atoms with E-state index in [4.69, 9.17) is 4.74 Å². The molecule has 2 aromatic rings. The number of piperazine rings is 1. The van der Waals surface area contributed by atoms with Crippen molar-refractivity contribution in [2.75, 3.05) is 26.7 Å². The van der Waals surface area contributed by atoms with Crippen LogP contribution in [0.3, 0.4) is 0 Å². The molecular weight excluding hydrogens is 349 g/mol. The first kappa shape index (κ1) is 20.5. The van der Waals surface area contributed by atoms with Crippen molar-refractivity contribution in [1.29, 1.82) is 0 Å². The molecule has 0 aliphatic carbocycles. The zero-order chi connectivity index (χ0) is 15.7. The number of hydrogen-bond donors (Lipinski definition) is 1. The molecule has 0 saturated carbocycles. The number of aromatic nitrogens is 1. The summed E-state index contributed by atoms with van der Waals surface area (Å²) in [4.78, 5) is 19.5. The van der Waals surface area contributed by atoms with Gasteiger partial charge < -0.3 is 15.0 Å². The third kappa shape index (κ3) is 3.91. The Kier molecular flexibility index (Phi) is 7.27. The Hall–Kier alpha value is -1.56. The number of benzene rings is 1. The number of carbonyl (C=O) groups is 1. The Bertz CT molecular complexity index is 724. The molecule has 1 fully saturated rings. The van der Waals surface area contributed by atoms with Crippen LogP contribution in [0.25, 0.3) is 10.9 Å². The zero-order valence-electron chi connectivity index (χ0n) is 14.0. The summed E-state index contributed by atoms with van der Waals surface area (Å²) in [5, 5.41) is 4.16. The lowest BCUT2D eigenvalue weighted by Gasteiger charge is -2.34. The molecule has 1 aliphatic heterocycles. The van der Waals surface area contributed by atoms with Crippen LogP contribution in [-0.4, -0.2) is 48.6 Å². The van der Waals surface area contributed by atoms with Crippen LogP contribution in [0.2, 0.25) is 0 Å². The highest BCUT2D eigenvalue weighted by atomic mass is 35.5. The Balaban J connectivity index is 0.00000144. The summed E-state index contributed by atoms with van der Waals surface area (Å²) in [5.41, 5.74) is 2.38. The van der Waals surface area contributed by atoms with E-state index < -0.39 is 0 Å². The fourth-order valence-corrected chi connectivity index (χ4v) is 2.94. The van der Waals surface area contributed by atoms with Gasteiger partial charge in [0.2, 0.25) is 0 Å². The lowest BCUT2D eigenvalue weighted by atomic mass is 10.0. The molecule has 0 spiro atoms. The van der Waals surface area contributed by atoms with Crippen LogP contribution in [-0.2, 0) is 0 Å². The summed E-state index contributed by atoms with van der Waals surface area (Å²) in [5.74, 6) is 0.804. The maximum absolute atomic E-state index is 13.0. The highest BCUT2D eigenvalue weighted by molar-refractivity contribution is 6.06. The number of pyridine rings is 1. The second kappa shape index (κ2) is 8.51. The molecule has 2 heterocycles. The third-order valence-electron chi connectivity index (χ3n) is 4.14. The zero-order valence-corrected chi connectivity index (χ0v) is 15.7. The number of halogens is 2. The summed E-state index contributed by atoms with van der Waals surface area (Å²) in [6, 6.07) is 7.73. The quantitative estimate of drug-likeness (QED) is 0.881. The Morgan fingerprint density at radius 2 is 2.08 bits per heavy atom. The maximum Gasteiger partial charge on any atom is 0.254 e.